The van der Waals surface area contributed by atoms with E-state index in [1.54, 1.807) is 0 Å². The first-order chi connectivity index (χ1) is 6.08. The second-order valence-electron chi connectivity index (χ2n) is 2.56. The Labute approximate surface area is 85.7 Å². The Morgan fingerprint density at radius 1 is 1.31 bits per heavy atom. The number of halogens is 2. The van der Waals surface area contributed by atoms with E-state index in [1.165, 1.54) is 0 Å². The van der Waals surface area contributed by atoms with Crippen LogP contribution in [0.3, 0.4) is 0 Å². The van der Waals surface area contributed by atoms with Gasteiger partial charge in [-0.2, -0.15) is 15.0 Å². The summed E-state index contributed by atoms with van der Waals surface area (Å²) in [6, 6.07) is 0.00863. The highest BCUT2D eigenvalue weighted by molar-refractivity contribution is 6.31. The van der Waals surface area contributed by atoms with Crippen molar-refractivity contribution < 1.29 is 0 Å². The Hall–Kier alpha value is -0.650. The third kappa shape index (κ3) is 3.71. The van der Waals surface area contributed by atoms with Gasteiger partial charge in [0.2, 0.25) is 16.5 Å². The van der Waals surface area contributed by atoms with E-state index < -0.39 is 0 Å². The second kappa shape index (κ2) is 4.55. The molecule has 0 fully saturated rings. The zero-order valence-corrected chi connectivity index (χ0v) is 8.47. The molecule has 0 saturated carbocycles. The van der Waals surface area contributed by atoms with Gasteiger partial charge < -0.3 is 11.1 Å². The van der Waals surface area contributed by atoms with E-state index >= 15 is 0 Å². The molecule has 0 aromatic carbocycles. The summed E-state index contributed by atoms with van der Waals surface area (Å²) in [7, 11) is 0. The Balaban J connectivity index is 2.66. The molecule has 1 heterocycles. The first-order valence-electron chi connectivity index (χ1n) is 3.64. The van der Waals surface area contributed by atoms with Gasteiger partial charge in [0.15, 0.2) is 0 Å². The minimum atomic E-state index is 0.00863. The van der Waals surface area contributed by atoms with E-state index in [1.807, 2.05) is 6.92 Å². The molecule has 0 aliphatic heterocycles. The molecular weight excluding hydrogens is 213 g/mol. The molecule has 0 saturated heterocycles. The number of anilines is 1. The minimum absolute atomic E-state index is 0.00863. The molecule has 0 aliphatic rings. The van der Waals surface area contributed by atoms with Gasteiger partial charge in [-0.1, -0.05) is 0 Å². The zero-order valence-electron chi connectivity index (χ0n) is 6.96. The molecule has 3 N–H and O–H groups in total. The van der Waals surface area contributed by atoms with Gasteiger partial charge in [-0.25, -0.2) is 0 Å². The van der Waals surface area contributed by atoms with Gasteiger partial charge in [-0.3, -0.25) is 0 Å². The molecule has 13 heavy (non-hydrogen) atoms. The fourth-order valence-corrected chi connectivity index (χ4v) is 1.02. The Morgan fingerprint density at radius 2 is 1.85 bits per heavy atom. The predicted molar refractivity (Wildman–Crippen MR) is 52.0 cm³/mol. The third-order valence-corrected chi connectivity index (χ3v) is 1.50. The average Bonchev–Trinajstić information content (AvgIpc) is 1.99. The van der Waals surface area contributed by atoms with Crippen LogP contribution >= 0.6 is 23.2 Å². The quantitative estimate of drug-likeness (QED) is 0.795. The smallest absolute Gasteiger partial charge is 0.228 e. The van der Waals surface area contributed by atoms with Crippen LogP contribution in [0.2, 0.25) is 10.6 Å². The maximum absolute atomic E-state index is 5.55. The lowest BCUT2D eigenvalue weighted by atomic mass is 10.4. The number of nitrogens with one attached hydrogen (secondary N) is 1. The summed E-state index contributed by atoms with van der Waals surface area (Å²) in [5, 5.41) is 2.99. The van der Waals surface area contributed by atoms with E-state index in [0.717, 1.165) is 0 Å². The average molecular weight is 222 g/mol. The van der Waals surface area contributed by atoms with Crippen LogP contribution in [0.5, 0.6) is 0 Å². The maximum atomic E-state index is 5.55. The Kier molecular flexibility index (Phi) is 3.65. The van der Waals surface area contributed by atoms with Crippen LogP contribution in [0.15, 0.2) is 0 Å². The highest BCUT2D eigenvalue weighted by Crippen LogP contribution is 2.08. The van der Waals surface area contributed by atoms with Crippen molar-refractivity contribution >= 4 is 29.2 Å². The van der Waals surface area contributed by atoms with Crippen LogP contribution in [-0.2, 0) is 0 Å². The Bertz CT molecular complexity index is 270. The van der Waals surface area contributed by atoms with E-state index in [9.17, 15) is 0 Å². The van der Waals surface area contributed by atoms with Gasteiger partial charge in [0.25, 0.3) is 0 Å². The monoisotopic (exact) mass is 221 g/mol. The molecule has 1 atom stereocenters. The molecule has 7 heteroatoms. The van der Waals surface area contributed by atoms with Crippen molar-refractivity contribution in [2.45, 2.75) is 13.0 Å². The van der Waals surface area contributed by atoms with Crippen molar-refractivity contribution in [3.8, 4) is 0 Å². The SMILES string of the molecule is CC(N)CNc1nc(Cl)nc(Cl)n1. The van der Waals surface area contributed by atoms with Crippen molar-refractivity contribution in [1.82, 2.24) is 15.0 Å². The van der Waals surface area contributed by atoms with Crippen molar-refractivity contribution in [3.63, 3.8) is 0 Å². The molecule has 1 aromatic heterocycles. The summed E-state index contributed by atoms with van der Waals surface area (Å²) in [4.78, 5) is 11.2. The topological polar surface area (TPSA) is 76.7 Å². The number of nitrogens with two attached hydrogens (primary N) is 1. The van der Waals surface area contributed by atoms with Gasteiger partial charge in [0, 0.05) is 12.6 Å². The van der Waals surface area contributed by atoms with Crippen molar-refractivity contribution in [2.75, 3.05) is 11.9 Å². The predicted octanol–water partition coefficient (Wildman–Crippen LogP) is 0.938. The summed E-state index contributed by atoms with van der Waals surface area (Å²) >= 11 is 11.1. The molecule has 0 bridgehead atoms. The Morgan fingerprint density at radius 3 is 2.31 bits per heavy atom. The van der Waals surface area contributed by atoms with Crippen LogP contribution in [0.4, 0.5) is 5.95 Å². The van der Waals surface area contributed by atoms with Gasteiger partial charge in [0.05, 0.1) is 0 Å². The molecule has 0 amide bonds. The van der Waals surface area contributed by atoms with Crippen molar-refractivity contribution in [3.05, 3.63) is 10.6 Å². The van der Waals surface area contributed by atoms with Crippen LogP contribution in [-0.4, -0.2) is 27.5 Å². The van der Waals surface area contributed by atoms with E-state index in [2.05, 4.69) is 20.3 Å². The molecular formula is C6H9Cl2N5. The number of aromatic nitrogens is 3. The molecule has 0 radical (unpaired) electrons. The summed E-state index contributed by atoms with van der Waals surface area (Å²) in [6.45, 7) is 2.41. The molecule has 1 aromatic rings. The number of hydrogen-bond donors (Lipinski definition) is 2. The molecule has 0 spiro atoms. The highest BCUT2D eigenvalue weighted by atomic mass is 35.5. The van der Waals surface area contributed by atoms with Crippen LogP contribution in [0.25, 0.3) is 0 Å². The standard InChI is InChI=1S/C6H9Cl2N5/c1-3(9)2-10-6-12-4(7)11-5(8)13-6/h3H,2,9H2,1H3,(H,10,11,12,13). The molecule has 0 aliphatic carbocycles. The first kappa shape index (κ1) is 10.4. The number of hydrogen-bond acceptors (Lipinski definition) is 5. The van der Waals surface area contributed by atoms with Gasteiger partial charge >= 0.3 is 0 Å². The van der Waals surface area contributed by atoms with Crippen LogP contribution < -0.4 is 11.1 Å². The lowest BCUT2D eigenvalue weighted by molar-refractivity contribution is 0.772. The zero-order chi connectivity index (χ0) is 9.84. The van der Waals surface area contributed by atoms with Crippen molar-refractivity contribution in [1.29, 1.82) is 0 Å². The fourth-order valence-electron chi connectivity index (χ4n) is 0.657. The largest absolute Gasteiger partial charge is 0.353 e. The summed E-state index contributed by atoms with van der Waals surface area (Å²) in [5.74, 6) is 0.335. The second-order valence-corrected chi connectivity index (χ2v) is 3.23. The lowest BCUT2D eigenvalue weighted by Gasteiger charge is -2.06. The van der Waals surface area contributed by atoms with E-state index in [4.69, 9.17) is 28.9 Å². The summed E-state index contributed by atoms with van der Waals surface area (Å²) < 4.78 is 0. The van der Waals surface area contributed by atoms with Gasteiger partial charge in [0.1, 0.15) is 0 Å². The third-order valence-electron chi connectivity index (χ3n) is 1.16. The summed E-state index contributed by atoms with van der Waals surface area (Å²) in [5.41, 5.74) is 5.52. The van der Waals surface area contributed by atoms with Crippen molar-refractivity contribution in [2.24, 2.45) is 5.73 Å². The maximum Gasteiger partial charge on any atom is 0.228 e. The lowest BCUT2D eigenvalue weighted by Crippen LogP contribution is -2.26. The van der Waals surface area contributed by atoms with E-state index in [0.29, 0.717) is 12.5 Å². The van der Waals surface area contributed by atoms with Crippen LogP contribution in [0, 0.1) is 0 Å². The van der Waals surface area contributed by atoms with Gasteiger partial charge in [-0.05, 0) is 30.1 Å². The molecule has 1 unspecified atom stereocenters. The van der Waals surface area contributed by atoms with E-state index in [-0.39, 0.29) is 16.6 Å². The first-order valence-corrected chi connectivity index (χ1v) is 4.40. The minimum Gasteiger partial charge on any atom is -0.353 e. The molecule has 5 nitrogen and oxygen atoms in total. The molecule has 72 valence electrons. The number of rotatable bonds is 3. The normalized spacial score (nSPS) is 12.6. The summed E-state index contributed by atoms with van der Waals surface area (Å²) in [6.07, 6.45) is 0. The highest BCUT2D eigenvalue weighted by Gasteiger charge is 2.02. The fraction of sp³-hybridized carbons (Fsp3) is 0.500. The molecule has 1 rings (SSSR count). The number of nitrogens with zero attached hydrogens (tertiary/aromatic N) is 3. The van der Waals surface area contributed by atoms with Gasteiger partial charge in [-0.15, -0.1) is 0 Å². The van der Waals surface area contributed by atoms with Crippen LogP contribution in [0.1, 0.15) is 6.92 Å².